The van der Waals surface area contributed by atoms with E-state index in [0.29, 0.717) is 37.4 Å². The van der Waals surface area contributed by atoms with Crippen LogP contribution < -0.4 is 10.6 Å². The van der Waals surface area contributed by atoms with Crippen molar-refractivity contribution in [2.75, 3.05) is 38.2 Å². The van der Waals surface area contributed by atoms with Gasteiger partial charge in [-0.2, -0.15) is 0 Å². The molecule has 164 valence electrons. The first-order chi connectivity index (χ1) is 15.5. The maximum absolute atomic E-state index is 13.3. The van der Waals surface area contributed by atoms with Crippen LogP contribution in [-0.4, -0.2) is 66.5 Å². The van der Waals surface area contributed by atoms with Crippen LogP contribution in [0.3, 0.4) is 0 Å². The number of anilines is 1. The van der Waals surface area contributed by atoms with Crippen molar-refractivity contribution in [1.82, 2.24) is 15.4 Å². The molecule has 2 aromatic carbocycles. The Bertz CT molecular complexity index is 1060. The van der Waals surface area contributed by atoms with Crippen LogP contribution in [-0.2, 0) is 14.4 Å². The van der Waals surface area contributed by atoms with Crippen molar-refractivity contribution < 1.29 is 19.2 Å². The second-order valence-electron chi connectivity index (χ2n) is 7.45. The van der Waals surface area contributed by atoms with E-state index in [-0.39, 0.29) is 11.4 Å². The van der Waals surface area contributed by atoms with Gasteiger partial charge in [0.25, 0.3) is 11.8 Å². The van der Waals surface area contributed by atoms with E-state index in [1.54, 1.807) is 59.5 Å². The van der Waals surface area contributed by atoms with Crippen molar-refractivity contribution in [1.29, 1.82) is 0 Å². The maximum Gasteiger partial charge on any atom is 0.376 e. The van der Waals surface area contributed by atoms with Crippen LogP contribution in [0, 0.1) is 0 Å². The summed E-state index contributed by atoms with van der Waals surface area (Å²) in [6.07, 6.45) is 1.30. The predicted octanol–water partition coefficient (Wildman–Crippen LogP) is 1.41. The summed E-state index contributed by atoms with van der Waals surface area (Å²) in [5, 5.41) is 1.40. The molecular weight excluding hydrogens is 410 g/mol. The van der Waals surface area contributed by atoms with E-state index < -0.39 is 17.8 Å². The Morgan fingerprint density at radius 3 is 2.25 bits per heavy atom. The maximum atomic E-state index is 13.3. The highest BCUT2D eigenvalue weighted by atomic mass is 16.7. The van der Waals surface area contributed by atoms with Crippen LogP contribution in [0.5, 0.6) is 0 Å². The lowest BCUT2D eigenvalue weighted by Crippen LogP contribution is -2.49. The van der Waals surface area contributed by atoms with Gasteiger partial charge in [0, 0.05) is 37.8 Å². The van der Waals surface area contributed by atoms with Gasteiger partial charge in [0.15, 0.2) is 5.70 Å². The van der Waals surface area contributed by atoms with Gasteiger partial charge in [-0.15, -0.1) is 0 Å². The summed E-state index contributed by atoms with van der Waals surface area (Å²) >= 11 is 0. The quantitative estimate of drug-likeness (QED) is 0.576. The molecule has 32 heavy (non-hydrogen) atoms. The van der Waals surface area contributed by atoms with Crippen molar-refractivity contribution in [2.45, 2.75) is 0 Å². The number of likely N-dealkylation sites (N-methyl/N-ethyl adjacent to an activating group) is 1. The highest BCUT2D eigenvalue weighted by molar-refractivity contribution is 6.45. The van der Waals surface area contributed by atoms with Crippen molar-refractivity contribution in [3.63, 3.8) is 0 Å². The molecule has 0 aliphatic carbocycles. The summed E-state index contributed by atoms with van der Waals surface area (Å²) in [6.45, 7) is 2.42. The number of hydrogen-bond donors (Lipinski definition) is 1. The minimum Gasteiger partial charge on any atom is -0.345 e. The summed E-state index contributed by atoms with van der Waals surface area (Å²) in [5.74, 6) is -1.66. The third-order valence-corrected chi connectivity index (χ3v) is 5.22. The fourth-order valence-electron chi connectivity index (χ4n) is 3.37. The van der Waals surface area contributed by atoms with Gasteiger partial charge in [0.05, 0.1) is 5.69 Å². The Labute approximate surface area is 185 Å². The molecule has 0 unspecified atom stereocenters. The van der Waals surface area contributed by atoms with Crippen LogP contribution in [0.25, 0.3) is 0 Å². The predicted molar refractivity (Wildman–Crippen MR) is 119 cm³/mol. The van der Waals surface area contributed by atoms with E-state index in [2.05, 4.69) is 15.5 Å². The van der Waals surface area contributed by atoms with E-state index in [0.717, 1.165) is 0 Å². The topological polar surface area (TPSA) is 94.6 Å². The Balaban J connectivity index is 1.71. The zero-order chi connectivity index (χ0) is 22.5. The van der Waals surface area contributed by atoms with Gasteiger partial charge >= 0.3 is 5.97 Å². The van der Waals surface area contributed by atoms with E-state index in [1.807, 2.05) is 13.1 Å². The van der Waals surface area contributed by atoms with Crippen molar-refractivity contribution in [2.24, 2.45) is 4.99 Å². The zero-order valence-electron chi connectivity index (χ0n) is 17.6. The number of aliphatic imine (C=N–C) groups is 1. The van der Waals surface area contributed by atoms with Gasteiger partial charge in [-0.3, -0.25) is 9.59 Å². The molecule has 2 aliphatic rings. The number of hydrazine groups is 1. The van der Waals surface area contributed by atoms with Crippen LogP contribution in [0.4, 0.5) is 5.69 Å². The van der Waals surface area contributed by atoms with Gasteiger partial charge in [0.1, 0.15) is 5.71 Å². The third-order valence-electron chi connectivity index (χ3n) is 5.22. The highest BCUT2D eigenvalue weighted by Gasteiger charge is 2.32. The molecule has 2 aliphatic heterocycles. The number of benzene rings is 2. The summed E-state index contributed by atoms with van der Waals surface area (Å²) in [4.78, 5) is 51.3. The van der Waals surface area contributed by atoms with Gasteiger partial charge in [-0.1, -0.05) is 42.0 Å². The lowest BCUT2D eigenvalue weighted by molar-refractivity contribution is -0.140. The molecule has 2 aromatic rings. The molecule has 2 fully saturated rings. The first-order valence-corrected chi connectivity index (χ1v) is 10.2. The first kappa shape index (κ1) is 21.4. The second-order valence-corrected chi connectivity index (χ2v) is 7.45. The SMILES string of the molecule is CN1CCN(C(=O)C(/C=C2\C(=O)ONN2c2ccccc2)=NC(=O)c2ccccc2)CC1. The highest BCUT2D eigenvalue weighted by Crippen LogP contribution is 2.22. The van der Waals surface area contributed by atoms with Crippen molar-refractivity contribution >= 4 is 29.2 Å². The van der Waals surface area contributed by atoms with Crippen LogP contribution in [0.15, 0.2) is 77.4 Å². The lowest BCUT2D eigenvalue weighted by atomic mass is 10.2. The lowest BCUT2D eigenvalue weighted by Gasteiger charge is -2.32. The smallest absolute Gasteiger partial charge is 0.345 e. The summed E-state index contributed by atoms with van der Waals surface area (Å²) in [5.41, 5.74) is 3.44. The molecular formula is C23H23N5O4. The van der Waals surface area contributed by atoms with E-state index in [1.165, 1.54) is 11.1 Å². The van der Waals surface area contributed by atoms with Gasteiger partial charge in [0.2, 0.25) is 0 Å². The van der Waals surface area contributed by atoms with E-state index in [4.69, 9.17) is 4.84 Å². The van der Waals surface area contributed by atoms with E-state index in [9.17, 15) is 14.4 Å². The number of amides is 2. The molecule has 4 rings (SSSR count). The van der Waals surface area contributed by atoms with Crippen molar-refractivity contribution in [3.05, 3.63) is 78.0 Å². The summed E-state index contributed by atoms with van der Waals surface area (Å²) in [6, 6.07) is 17.5. The average Bonchev–Trinajstić information content (AvgIpc) is 3.19. The molecule has 0 aromatic heterocycles. The fourth-order valence-corrected chi connectivity index (χ4v) is 3.37. The van der Waals surface area contributed by atoms with Crippen molar-refractivity contribution in [3.8, 4) is 0 Å². The fraction of sp³-hybridized carbons (Fsp3) is 0.217. The van der Waals surface area contributed by atoms with Gasteiger partial charge in [-0.25, -0.2) is 14.8 Å². The Hall–Kier alpha value is -3.82. The van der Waals surface area contributed by atoms with Crippen LogP contribution in [0.2, 0.25) is 0 Å². The minimum atomic E-state index is -0.681. The summed E-state index contributed by atoms with van der Waals surface area (Å²) < 4.78 is 0. The van der Waals surface area contributed by atoms with Crippen LogP contribution >= 0.6 is 0 Å². The molecule has 0 bridgehead atoms. The Kier molecular flexibility index (Phi) is 6.39. The number of para-hydroxylation sites is 1. The molecule has 0 atom stereocenters. The molecule has 2 amide bonds. The largest absolute Gasteiger partial charge is 0.376 e. The molecule has 9 heteroatoms. The normalized spacial score (nSPS) is 18.7. The standard InChI is InChI=1S/C23H23N5O4/c1-26-12-14-27(15-13-26)22(30)19(24-21(29)17-8-4-2-5-9-17)16-20-23(31)32-25-28(20)18-10-6-3-7-11-18/h2-11,16,25H,12-15H2,1H3/b20-16+,24-19?. The number of nitrogens with zero attached hydrogens (tertiary/aromatic N) is 4. The molecule has 0 saturated carbocycles. The van der Waals surface area contributed by atoms with Gasteiger partial charge < -0.3 is 14.6 Å². The first-order valence-electron chi connectivity index (χ1n) is 10.2. The second kappa shape index (κ2) is 9.54. The molecule has 2 saturated heterocycles. The number of hydrogen-bond acceptors (Lipinski definition) is 7. The average molecular weight is 433 g/mol. The molecule has 0 spiro atoms. The number of carbonyl (C=O) groups excluding carboxylic acids is 3. The molecule has 0 radical (unpaired) electrons. The zero-order valence-corrected chi connectivity index (χ0v) is 17.6. The number of carbonyl (C=O) groups is 3. The minimum absolute atomic E-state index is 0.0540. The number of nitrogens with one attached hydrogen (secondary N) is 1. The molecule has 1 N–H and O–H groups in total. The number of rotatable bonds is 4. The molecule has 9 nitrogen and oxygen atoms in total. The summed E-state index contributed by atoms with van der Waals surface area (Å²) in [7, 11) is 1.98. The molecule has 2 heterocycles. The van der Waals surface area contributed by atoms with Crippen LogP contribution in [0.1, 0.15) is 10.4 Å². The monoisotopic (exact) mass is 433 g/mol. The number of piperazine rings is 1. The van der Waals surface area contributed by atoms with Gasteiger partial charge in [-0.05, 0) is 31.3 Å². The third kappa shape index (κ3) is 4.74. The Morgan fingerprint density at radius 2 is 1.59 bits per heavy atom. The Morgan fingerprint density at radius 1 is 0.969 bits per heavy atom. The van der Waals surface area contributed by atoms with E-state index >= 15 is 0 Å².